The zero-order valence-electron chi connectivity index (χ0n) is 19.7. The smallest absolute Gasteiger partial charge is 0.261 e. The van der Waals surface area contributed by atoms with Crippen LogP contribution in [0.2, 0.25) is 0 Å². The quantitative estimate of drug-likeness (QED) is 0.358. The van der Waals surface area contributed by atoms with Gasteiger partial charge in [0.2, 0.25) is 5.95 Å². The van der Waals surface area contributed by atoms with Crippen molar-refractivity contribution < 1.29 is 9.59 Å². The van der Waals surface area contributed by atoms with Crippen LogP contribution in [0.3, 0.4) is 0 Å². The molecule has 3 aliphatic rings. The van der Waals surface area contributed by atoms with Crippen molar-refractivity contribution in [2.75, 3.05) is 11.4 Å². The van der Waals surface area contributed by atoms with Crippen LogP contribution in [0.25, 0.3) is 32.3 Å². The van der Waals surface area contributed by atoms with E-state index in [1.54, 1.807) is 17.5 Å². The summed E-state index contributed by atoms with van der Waals surface area (Å²) in [5.74, 6) is 1.48. The summed E-state index contributed by atoms with van der Waals surface area (Å²) in [6.07, 6.45) is 6.19. The van der Waals surface area contributed by atoms with Crippen LogP contribution in [0.1, 0.15) is 41.5 Å². The first-order valence-corrected chi connectivity index (χ1v) is 13.2. The fourth-order valence-electron chi connectivity index (χ4n) is 5.53. The van der Waals surface area contributed by atoms with Crippen molar-refractivity contribution in [2.24, 2.45) is 0 Å². The molecule has 0 spiro atoms. The molecule has 9 nitrogen and oxygen atoms in total. The molecule has 0 unspecified atom stereocenters. The van der Waals surface area contributed by atoms with Gasteiger partial charge in [-0.1, -0.05) is 18.2 Å². The lowest BCUT2D eigenvalue weighted by molar-refractivity contribution is -0.122. The first-order valence-electron chi connectivity index (χ1n) is 12.4. The van der Waals surface area contributed by atoms with Gasteiger partial charge in [0, 0.05) is 41.5 Å². The van der Waals surface area contributed by atoms with Crippen molar-refractivity contribution in [3.8, 4) is 0 Å². The number of anilines is 1. The van der Waals surface area contributed by atoms with Gasteiger partial charge in [-0.25, -0.2) is 15.0 Å². The van der Waals surface area contributed by atoms with Crippen molar-refractivity contribution in [2.45, 2.75) is 31.8 Å². The van der Waals surface area contributed by atoms with E-state index in [-0.39, 0.29) is 5.57 Å². The number of nitrogens with zero attached hydrogens (tertiary/aromatic N) is 5. The highest BCUT2D eigenvalue weighted by molar-refractivity contribution is 7.16. The normalized spacial score (nSPS) is 17.8. The molecular formula is C27H21N7O2S. The maximum absolute atomic E-state index is 13.2. The second kappa shape index (κ2) is 7.59. The standard InChI is InChI=1S/C27H21N7O2S/c35-24-20(18-12-29-26-16(18)7-10-37-26)21(25(36)32-24)22-17-3-1-2-4-19(17)30-27(31-22)33-8-9-34-15(13-33)11-28-23(34)14-5-6-14/h1-4,7,10-12,14,29H,5-6,8-9,13H2,(H,32,35,36). The number of benzene rings is 1. The third kappa shape index (κ3) is 3.12. The molecule has 8 rings (SSSR count). The molecule has 1 aliphatic carbocycles. The van der Waals surface area contributed by atoms with Gasteiger partial charge >= 0.3 is 0 Å². The van der Waals surface area contributed by atoms with Crippen LogP contribution in [0.4, 0.5) is 5.95 Å². The van der Waals surface area contributed by atoms with E-state index in [0.717, 1.165) is 39.9 Å². The molecule has 0 atom stereocenters. The van der Waals surface area contributed by atoms with Crippen LogP contribution in [-0.4, -0.2) is 42.9 Å². The average Bonchev–Trinajstić information content (AvgIpc) is 3.22. The number of thiophene rings is 1. The largest absolute Gasteiger partial charge is 0.352 e. The Balaban J connectivity index is 1.30. The Morgan fingerprint density at radius 2 is 1.84 bits per heavy atom. The van der Waals surface area contributed by atoms with Gasteiger partial charge in [-0.2, -0.15) is 0 Å². The number of H-pyrrole nitrogens is 1. The fourth-order valence-corrected chi connectivity index (χ4v) is 6.31. The Morgan fingerprint density at radius 1 is 0.973 bits per heavy atom. The number of aromatic nitrogens is 5. The number of para-hydroxylation sites is 1. The summed E-state index contributed by atoms with van der Waals surface area (Å²) in [6, 6.07) is 9.61. The number of rotatable bonds is 4. The van der Waals surface area contributed by atoms with Crippen LogP contribution in [0, 0.1) is 0 Å². The Labute approximate surface area is 214 Å². The van der Waals surface area contributed by atoms with Crippen LogP contribution < -0.4 is 10.2 Å². The second-order valence-corrected chi connectivity index (χ2v) is 10.7. The molecule has 6 heterocycles. The molecule has 0 saturated heterocycles. The number of fused-ring (bicyclic) bond motifs is 3. The number of hydrogen-bond acceptors (Lipinski definition) is 7. The maximum Gasteiger partial charge on any atom is 0.261 e. The van der Waals surface area contributed by atoms with Crippen molar-refractivity contribution in [1.29, 1.82) is 0 Å². The number of amides is 2. The molecular weight excluding hydrogens is 486 g/mol. The monoisotopic (exact) mass is 507 g/mol. The minimum atomic E-state index is -0.440. The summed E-state index contributed by atoms with van der Waals surface area (Å²) in [5, 5.41) is 6.12. The summed E-state index contributed by atoms with van der Waals surface area (Å²) in [7, 11) is 0. The van der Waals surface area contributed by atoms with Crippen molar-refractivity contribution in [3.05, 3.63) is 70.9 Å². The first kappa shape index (κ1) is 20.8. The van der Waals surface area contributed by atoms with Crippen LogP contribution in [0.15, 0.2) is 48.1 Å². The van der Waals surface area contributed by atoms with Gasteiger partial charge in [-0.15, -0.1) is 11.3 Å². The molecule has 10 heteroatoms. The molecule has 1 fully saturated rings. The summed E-state index contributed by atoms with van der Waals surface area (Å²) >= 11 is 1.56. The number of nitrogens with one attached hydrogen (secondary N) is 2. The summed E-state index contributed by atoms with van der Waals surface area (Å²) < 4.78 is 2.33. The van der Waals surface area contributed by atoms with E-state index in [0.29, 0.717) is 35.2 Å². The highest BCUT2D eigenvalue weighted by atomic mass is 32.1. The SMILES string of the molecule is O=C1NC(=O)C(c2c[nH]c3sccc23)=C1c1nc(N2CCn3c(cnc3C3CC3)C2)nc2ccccc12. The molecule has 1 saturated carbocycles. The first-order chi connectivity index (χ1) is 18.2. The predicted octanol–water partition coefficient (Wildman–Crippen LogP) is 3.83. The Kier molecular flexibility index (Phi) is 4.28. The molecule has 1 aromatic carbocycles. The molecule has 4 aromatic heterocycles. The zero-order valence-corrected chi connectivity index (χ0v) is 20.5. The van der Waals surface area contributed by atoms with Crippen LogP contribution in [-0.2, 0) is 22.7 Å². The van der Waals surface area contributed by atoms with Gasteiger partial charge in [-0.3, -0.25) is 14.9 Å². The van der Waals surface area contributed by atoms with E-state index >= 15 is 0 Å². The molecule has 2 N–H and O–H groups in total. The van der Waals surface area contributed by atoms with E-state index in [1.807, 2.05) is 41.9 Å². The summed E-state index contributed by atoms with van der Waals surface area (Å²) in [4.78, 5) is 47.2. The Hall–Kier alpha value is -4.31. The third-order valence-electron chi connectivity index (χ3n) is 7.47. The molecule has 182 valence electrons. The van der Waals surface area contributed by atoms with Crippen molar-refractivity contribution >= 4 is 61.4 Å². The number of hydrogen-bond donors (Lipinski definition) is 2. The lowest BCUT2D eigenvalue weighted by atomic mass is 9.97. The predicted molar refractivity (Wildman–Crippen MR) is 141 cm³/mol. The zero-order chi connectivity index (χ0) is 24.7. The number of aromatic amines is 1. The average molecular weight is 508 g/mol. The van der Waals surface area contributed by atoms with E-state index in [1.165, 1.54) is 18.7 Å². The van der Waals surface area contributed by atoms with E-state index < -0.39 is 11.8 Å². The fraction of sp³-hybridized carbons (Fsp3) is 0.222. The molecule has 2 amide bonds. The maximum atomic E-state index is 13.2. The van der Waals surface area contributed by atoms with Crippen LogP contribution in [0.5, 0.6) is 0 Å². The minimum Gasteiger partial charge on any atom is -0.352 e. The van der Waals surface area contributed by atoms with E-state index in [2.05, 4.69) is 19.8 Å². The summed E-state index contributed by atoms with van der Waals surface area (Å²) in [6.45, 7) is 2.20. The minimum absolute atomic E-state index is 0.287. The lowest BCUT2D eigenvalue weighted by Crippen LogP contribution is -2.35. The van der Waals surface area contributed by atoms with Crippen molar-refractivity contribution in [3.63, 3.8) is 0 Å². The molecule has 0 radical (unpaired) electrons. The van der Waals surface area contributed by atoms with Gasteiger partial charge in [-0.05, 0) is 30.4 Å². The summed E-state index contributed by atoms with van der Waals surface area (Å²) in [5.41, 5.74) is 3.68. The highest BCUT2D eigenvalue weighted by Crippen LogP contribution is 2.41. The number of carbonyl (C=O) groups excluding carboxylic acids is 2. The van der Waals surface area contributed by atoms with Gasteiger partial charge in [0.05, 0.1) is 40.8 Å². The Morgan fingerprint density at radius 3 is 2.73 bits per heavy atom. The lowest BCUT2D eigenvalue weighted by Gasteiger charge is -2.29. The van der Waals surface area contributed by atoms with Crippen molar-refractivity contribution in [1.82, 2.24) is 29.8 Å². The third-order valence-corrected chi connectivity index (χ3v) is 8.32. The van der Waals surface area contributed by atoms with Gasteiger partial charge in [0.15, 0.2) is 0 Å². The molecule has 0 bridgehead atoms. The van der Waals surface area contributed by atoms with Gasteiger partial charge in [0.25, 0.3) is 11.8 Å². The van der Waals surface area contributed by atoms with Gasteiger partial charge in [0.1, 0.15) is 10.7 Å². The second-order valence-electron chi connectivity index (χ2n) is 9.74. The molecule has 2 aliphatic heterocycles. The molecule has 37 heavy (non-hydrogen) atoms. The Bertz CT molecular complexity index is 1810. The van der Waals surface area contributed by atoms with E-state index in [9.17, 15) is 9.59 Å². The van der Waals surface area contributed by atoms with Gasteiger partial charge < -0.3 is 14.5 Å². The van der Waals surface area contributed by atoms with E-state index in [4.69, 9.17) is 15.0 Å². The number of carbonyl (C=O) groups is 2. The number of imide groups is 1. The number of imidazole rings is 1. The molecule has 5 aromatic rings. The van der Waals surface area contributed by atoms with Crippen LogP contribution >= 0.6 is 11.3 Å². The highest BCUT2D eigenvalue weighted by Gasteiger charge is 2.36. The topological polar surface area (TPSA) is 109 Å².